The molecule has 0 saturated carbocycles. The van der Waals surface area contributed by atoms with E-state index in [1.54, 1.807) is 23.1 Å². The van der Waals surface area contributed by atoms with Crippen LogP contribution in [0, 0.1) is 0 Å². The van der Waals surface area contributed by atoms with Crippen molar-refractivity contribution in [1.82, 2.24) is 4.98 Å². The highest BCUT2D eigenvalue weighted by molar-refractivity contribution is 7.98. The molecule has 0 fully saturated rings. The number of thiazole rings is 1. The summed E-state index contributed by atoms with van der Waals surface area (Å²) in [6.07, 6.45) is 2.07. The van der Waals surface area contributed by atoms with Gasteiger partial charge in [0.2, 0.25) is 0 Å². The topological polar surface area (TPSA) is 38.9 Å². The highest BCUT2D eigenvalue weighted by Gasteiger charge is 2.02. The summed E-state index contributed by atoms with van der Waals surface area (Å²) in [5.74, 6) is 0. The van der Waals surface area contributed by atoms with E-state index in [0.29, 0.717) is 6.54 Å². The number of nitrogens with two attached hydrogens (primary N) is 1. The van der Waals surface area contributed by atoms with Crippen LogP contribution in [0.15, 0.2) is 34.5 Å². The first-order valence-corrected chi connectivity index (χ1v) is 6.73. The van der Waals surface area contributed by atoms with Gasteiger partial charge in [-0.25, -0.2) is 4.98 Å². The van der Waals surface area contributed by atoms with Gasteiger partial charge in [0.05, 0.1) is 5.69 Å². The number of aromatic nitrogens is 1. The fourth-order valence-corrected chi connectivity index (χ4v) is 2.39. The molecule has 0 radical (unpaired) electrons. The van der Waals surface area contributed by atoms with Gasteiger partial charge >= 0.3 is 0 Å². The van der Waals surface area contributed by atoms with Crippen molar-refractivity contribution in [2.45, 2.75) is 11.4 Å². The molecule has 0 atom stereocenters. The van der Waals surface area contributed by atoms with Crippen molar-refractivity contribution in [1.29, 1.82) is 0 Å². The lowest BCUT2D eigenvalue weighted by Crippen LogP contribution is -1.94. The smallest absolute Gasteiger partial charge is 0.107 e. The Morgan fingerprint density at radius 2 is 2.07 bits per heavy atom. The van der Waals surface area contributed by atoms with E-state index in [1.807, 2.05) is 0 Å². The molecule has 78 valence electrons. The molecule has 0 aliphatic heterocycles. The Bertz CT molecular complexity index is 434. The van der Waals surface area contributed by atoms with Crippen LogP contribution in [0.2, 0.25) is 0 Å². The summed E-state index contributed by atoms with van der Waals surface area (Å²) in [7, 11) is 0. The van der Waals surface area contributed by atoms with Crippen LogP contribution in [-0.2, 0) is 6.54 Å². The Morgan fingerprint density at radius 1 is 1.33 bits per heavy atom. The number of hydrogen-bond donors (Lipinski definition) is 1. The molecule has 0 spiro atoms. The van der Waals surface area contributed by atoms with Crippen LogP contribution in [0.5, 0.6) is 0 Å². The van der Waals surface area contributed by atoms with Crippen LogP contribution in [0.25, 0.3) is 11.3 Å². The number of rotatable bonds is 3. The molecule has 1 aromatic carbocycles. The Morgan fingerprint density at radius 3 is 2.60 bits per heavy atom. The number of thioether (sulfide) groups is 1. The van der Waals surface area contributed by atoms with Gasteiger partial charge in [-0.3, -0.25) is 0 Å². The molecule has 0 aliphatic carbocycles. The summed E-state index contributed by atoms with van der Waals surface area (Å²) in [4.78, 5) is 5.71. The van der Waals surface area contributed by atoms with Crippen molar-refractivity contribution >= 4 is 23.1 Å². The van der Waals surface area contributed by atoms with Gasteiger partial charge < -0.3 is 5.73 Å². The average Bonchev–Trinajstić information content (AvgIpc) is 2.78. The molecule has 2 nitrogen and oxygen atoms in total. The van der Waals surface area contributed by atoms with Crippen molar-refractivity contribution in [2.75, 3.05) is 6.26 Å². The number of benzene rings is 1. The summed E-state index contributed by atoms with van der Waals surface area (Å²) >= 11 is 3.36. The van der Waals surface area contributed by atoms with Crippen LogP contribution >= 0.6 is 23.1 Å². The molecule has 2 rings (SSSR count). The van der Waals surface area contributed by atoms with Gasteiger partial charge in [-0.05, 0) is 18.4 Å². The van der Waals surface area contributed by atoms with Crippen LogP contribution in [-0.4, -0.2) is 11.2 Å². The minimum Gasteiger partial charge on any atom is -0.325 e. The summed E-state index contributed by atoms with van der Waals surface area (Å²) in [5, 5.41) is 3.04. The maximum absolute atomic E-state index is 5.53. The Kier molecular flexibility index (Phi) is 3.41. The standard InChI is InChI=1S/C11H12N2S2/c1-14-9-4-2-8(3-5-9)10-7-15-11(6-12)13-10/h2-5,7H,6,12H2,1H3. The lowest BCUT2D eigenvalue weighted by atomic mass is 10.2. The predicted molar refractivity (Wildman–Crippen MR) is 67.2 cm³/mol. The van der Waals surface area contributed by atoms with E-state index in [-0.39, 0.29) is 0 Å². The lowest BCUT2D eigenvalue weighted by Gasteiger charge is -1.98. The predicted octanol–water partition coefficient (Wildman–Crippen LogP) is 2.99. The van der Waals surface area contributed by atoms with Gasteiger partial charge in [-0.2, -0.15) is 0 Å². The molecule has 15 heavy (non-hydrogen) atoms. The van der Waals surface area contributed by atoms with Crippen molar-refractivity contribution in [2.24, 2.45) is 5.73 Å². The first kappa shape index (κ1) is 10.7. The molecule has 1 heterocycles. The van der Waals surface area contributed by atoms with E-state index in [0.717, 1.165) is 16.3 Å². The van der Waals surface area contributed by atoms with E-state index < -0.39 is 0 Å². The van der Waals surface area contributed by atoms with Crippen molar-refractivity contribution in [3.63, 3.8) is 0 Å². The van der Waals surface area contributed by atoms with E-state index in [2.05, 4.69) is 40.9 Å². The molecular weight excluding hydrogens is 224 g/mol. The third kappa shape index (κ3) is 2.40. The summed E-state index contributed by atoms with van der Waals surface area (Å²) in [6.45, 7) is 0.521. The Balaban J connectivity index is 2.28. The lowest BCUT2D eigenvalue weighted by molar-refractivity contribution is 1.04. The van der Waals surface area contributed by atoms with Crippen molar-refractivity contribution in [3.05, 3.63) is 34.7 Å². The normalized spacial score (nSPS) is 10.5. The van der Waals surface area contributed by atoms with Crippen molar-refractivity contribution in [3.8, 4) is 11.3 Å². The van der Waals surface area contributed by atoms with Crippen LogP contribution in [0.1, 0.15) is 5.01 Å². The largest absolute Gasteiger partial charge is 0.325 e. The molecule has 0 bridgehead atoms. The highest BCUT2D eigenvalue weighted by Crippen LogP contribution is 2.24. The maximum Gasteiger partial charge on any atom is 0.107 e. The highest BCUT2D eigenvalue weighted by atomic mass is 32.2. The van der Waals surface area contributed by atoms with E-state index in [9.17, 15) is 0 Å². The molecule has 1 aromatic heterocycles. The quantitative estimate of drug-likeness (QED) is 0.833. The molecule has 0 aliphatic rings. The second kappa shape index (κ2) is 4.79. The molecular formula is C11H12N2S2. The van der Waals surface area contributed by atoms with E-state index in [4.69, 9.17) is 5.73 Å². The minimum atomic E-state index is 0.521. The fourth-order valence-electron chi connectivity index (χ4n) is 1.30. The summed E-state index contributed by atoms with van der Waals surface area (Å²) < 4.78 is 0. The molecule has 0 saturated heterocycles. The van der Waals surface area contributed by atoms with Gasteiger partial charge in [0.1, 0.15) is 5.01 Å². The monoisotopic (exact) mass is 236 g/mol. The Hall–Kier alpha value is -0.840. The SMILES string of the molecule is CSc1ccc(-c2csc(CN)n2)cc1. The van der Waals surface area contributed by atoms with Gasteiger partial charge in [-0.1, -0.05) is 12.1 Å². The first-order chi connectivity index (χ1) is 7.33. The van der Waals surface area contributed by atoms with Gasteiger partial charge in [0.25, 0.3) is 0 Å². The van der Waals surface area contributed by atoms with Gasteiger partial charge in [0, 0.05) is 22.4 Å². The Labute approximate surface area is 97.5 Å². The third-order valence-corrected chi connectivity index (χ3v) is 3.73. The first-order valence-electron chi connectivity index (χ1n) is 4.62. The zero-order chi connectivity index (χ0) is 10.7. The fraction of sp³-hybridized carbons (Fsp3) is 0.182. The maximum atomic E-state index is 5.53. The summed E-state index contributed by atoms with van der Waals surface area (Å²) in [5.41, 5.74) is 7.71. The molecule has 2 aromatic rings. The number of hydrogen-bond acceptors (Lipinski definition) is 4. The zero-order valence-corrected chi connectivity index (χ0v) is 10.1. The molecule has 0 amide bonds. The van der Waals surface area contributed by atoms with Gasteiger partial charge in [0.15, 0.2) is 0 Å². The second-order valence-electron chi connectivity index (χ2n) is 3.06. The van der Waals surface area contributed by atoms with E-state index in [1.165, 1.54) is 4.90 Å². The zero-order valence-electron chi connectivity index (χ0n) is 8.43. The number of nitrogens with zero attached hydrogens (tertiary/aromatic N) is 1. The van der Waals surface area contributed by atoms with Crippen molar-refractivity contribution < 1.29 is 0 Å². The van der Waals surface area contributed by atoms with Crippen LogP contribution in [0.3, 0.4) is 0 Å². The average molecular weight is 236 g/mol. The van der Waals surface area contributed by atoms with Crippen LogP contribution < -0.4 is 5.73 Å². The second-order valence-corrected chi connectivity index (χ2v) is 4.88. The molecule has 2 N–H and O–H groups in total. The summed E-state index contributed by atoms with van der Waals surface area (Å²) in [6, 6.07) is 8.42. The minimum absolute atomic E-state index is 0.521. The third-order valence-electron chi connectivity index (χ3n) is 2.11. The molecule has 0 unspecified atom stereocenters. The van der Waals surface area contributed by atoms with Gasteiger partial charge in [-0.15, -0.1) is 23.1 Å². The van der Waals surface area contributed by atoms with Crippen LogP contribution in [0.4, 0.5) is 0 Å². The van der Waals surface area contributed by atoms with E-state index >= 15 is 0 Å². The molecule has 4 heteroatoms.